The van der Waals surface area contributed by atoms with Gasteiger partial charge < -0.3 is 13.7 Å². The summed E-state index contributed by atoms with van der Waals surface area (Å²) in [6.07, 6.45) is 7.32. The molecule has 0 spiro atoms. The summed E-state index contributed by atoms with van der Waals surface area (Å²) >= 11 is 0. The van der Waals surface area contributed by atoms with Gasteiger partial charge in [0.15, 0.2) is 12.2 Å². The average molecular weight is 340 g/mol. The van der Waals surface area contributed by atoms with Crippen molar-refractivity contribution < 1.29 is 13.7 Å². The van der Waals surface area contributed by atoms with Crippen molar-refractivity contribution in [2.24, 2.45) is 0 Å². The zero-order valence-electron chi connectivity index (χ0n) is 15.0. The van der Waals surface area contributed by atoms with Crippen LogP contribution in [0, 0.1) is 20.8 Å². The summed E-state index contributed by atoms with van der Waals surface area (Å²) in [6, 6.07) is 6.16. The first-order valence-corrected chi connectivity index (χ1v) is 8.68. The number of rotatable bonds is 8. The Kier molecular flexibility index (Phi) is 5.53. The summed E-state index contributed by atoms with van der Waals surface area (Å²) in [7, 11) is 0. The van der Waals surface area contributed by atoms with Crippen LogP contribution in [0.4, 0.5) is 0 Å². The van der Waals surface area contributed by atoms with E-state index in [0.717, 1.165) is 71.9 Å². The predicted octanol–water partition coefficient (Wildman–Crippen LogP) is 5.05. The van der Waals surface area contributed by atoms with E-state index in [-0.39, 0.29) is 0 Å². The molecule has 5 heteroatoms. The topological polar surface area (TPSA) is 61.3 Å². The van der Waals surface area contributed by atoms with E-state index < -0.39 is 0 Å². The lowest BCUT2D eigenvalue weighted by molar-refractivity contribution is 0.299. The summed E-state index contributed by atoms with van der Waals surface area (Å²) in [4.78, 5) is 3.97. The highest BCUT2D eigenvalue weighted by Gasteiger charge is 2.10. The molecule has 2 aromatic heterocycles. The van der Waals surface area contributed by atoms with E-state index in [1.165, 1.54) is 6.39 Å². The molecule has 0 saturated carbocycles. The van der Waals surface area contributed by atoms with E-state index in [1.807, 2.05) is 13.0 Å². The molecule has 5 nitrogen and oxygen atoms in total. The monoisotopic (exact) mass is 340 g/mol. The SMILES string of the molecule is Cc1cc(CCCCCOc2c(C)cc(-c3cnco3)cc2C)on1. The molecule has 0 aliphatic carbocycles. The third kappa shape index (κ3) is 4.50. The van der Waals surface area contributed by atoms with Gasteiger partial charge in [0.2, 0.25) is 0 Å². The molecule has 25 heavy (non-hydrogen) atoms. The molecule has 0 saturated heterocycles. The van der Waals surface area contributed by atoms with Gasteiger partial charge in [0.25, 0.3) is 0 Å². The molecule has 1 aromatic carbocycles. The maximum Gasteiger partial charge on any atom is 0.181 e. The summed E-state index contributed by atoms with van der Waals surface area (Å²) < 4.78 is 16.6. The second kappa shape index (κ2) is 8.01. The quantitative estimate of drug-likeness (QED) is 0.537. The molecular weight excluding hydrogens is 316 g/mol. The lowest BCUT2D eigenvalue weighted by Gasteiger charge is -2.13. The number of ether oxygens (including phenoxy) is 1. The van der Waals surface area contributed by atoms with Crippen molar-refractivity contribution in [2.45, 2.75) is 46.5 Å². The molecule has 0 N–H and O–H groups in total. The van der Waals surface area contributed by atoms with Crippen LogP contribution in [0.5, 0.6) is 5.75 Å². The number of hydrogen-bond acceptors (Lipinski definition) is 5. The normalized spacial score (nSPS) is 11.0. The Labute approximate surface area is 148 Å². The molecule has 3 rings (SSSR count). The van der Waals surface area contributed by atoms with Crippen molar-refractivity contribution in [1.29, 1.82) is 0 Å². The Morgan fingerprint density at radius 3 is 2.44 bits per heavy atom. The molecule has 0 aliphatic heterocycles. The van der Waals surface area contributed by atoms with Gasteiger partial charge in [-0.1, -0.05) is 5.16 Å². The Hall–Kier alpha value is -2.56. The van der Waals surface area contributed by atoms with E-state index in [0.29, 0.717) is 0 Å². The fraction of sp³-hybridized carbons (Fsp3) is 0.400. The van der Waals surface area contributed by atoms with Crippen molar-refractivity contribution in [3.63, 3.8) is 0 Å². The van der Waals surface area contributed by atoms with Crippen LogP contribution in [0.3, 0.4) is 0 Å². The van der Waals surface area contributed by atoms with Crippen LogP contribution in [-0.2, 0) is 6.42 Å². The summed E-state index contributed by atoms with van der Waals surface area (Å²) in [5.41, 5.74) is 4.20. The van der Waals surface area contributed by atoms with Gasteiger partial charge in [-0.25, -0.2) is 4.98 Å². The molecule has 0 fully saturated rings. The van der Waals surface area contributed by atoms with E-state index in [9.17, 15) is 0 Å². The van der Waals surface area contributed by atoms with Gasteiger partial charge in [-0.15, -0.1) is 0 Å². The molecule has 0 aliphatic rings. The molecule has 132 valence electrons. The summed E-state index contributed by atoms with van der Waals surface area (Å²) in [6.45, 7) is 6.79. The number of hydrogen-bond donors (Lipinski definition) is 0. The fourth-order valence-corrected chi connectivity index (χ4v) is 2.96. The standard InChI is InChI=1S/C20H24N2O3/c1-14-9-17(19-12-21-13-24-19)10-15(2)20(14)23-8-6-4-5-7-18-11-16(3)22-25-18/h9-13H,4-8H2,1-3H3. The number of aromatic nitrogens is 2. The lowest BCUT2D eigenvalue weighted by Crippen LogP contribution is -2.01. The molecule has 0 atom stereocenters. The van der Waals surface area contributed by atoms with Crippen molar-refractivity contribution in [3.8, 4) is 17.1 Å². The minimum atomic E-state index is 0.721. The van der Waals surface area contributed by atoms with Gasteiger partial charge in [0, 0.05) is 18.1 Å². The Balaban J connectivity index is 1.46. The zero-order valence-corrected chi connectivity index (χ0v) is 15.0. The molecular formula is C20H24N2O3. The second-order valence-corrected chi connectivity index (χ2v) is 6.40. The van der Waals surface area contributed by atoms with Crippen LogP contribution in [0.2, 0.25) is 0 Å². The van der Waals surface area contributed by atoms with E-state index in [4.69, 9.17) is 13.7 Å². The van der Waals surface area contributed by atoms with Crippen LogP contribution < -0.4 is 4.74 Å². The maximum atomic E-state index is 6.01. The lowest BCUT2D eigenvalue weighted by atomic mass is 10.0. The first-order chi connectivity index (χ1) is 12.1. The van der Waals surface area contributed by atoms with E-state index in [1.54, 1.807) is 6.20 Å². The predicted molar refractivity (Wildman–Crippen MR) is 95.7 cm³/mol. The summed E-state index contributed by atoms with van der Waals surface area (Å²) in [5.74, 6) is 2.71. The minimum absolute atomic E-state index is 0.721. The first-order valence-electron chi connectivity index (χ1n) is 8.68. The van der Waals surface area contributed by atoms with E-state index >= 15 is 0 Å². The highest BCUT2D eigenvalue weighted by molar-refractivity contribution is 5.62. The van der Waals surface area contributed by atoms with Gasteiger partial charge in [-0.05, 0) is 63.3 Å². The third-order valence-corrected chi connectivity index (χ3v) is 4.17. The molecule has 0 radical (unpaired) electrons. The van der Waals surface area contributed by atoms with Crippen molar-refractivity contribution >= 4 is 0 Å². The summed E-state index contributed by atoms with van der Waals surface area (Å²) in [5, 5.41) is 3.91. The van der Waals surface area contributed by atoms with Crippen LogP contribution in [-0.4, -0.2) is 16.7 Å². The minimum Gasteiger partial charge on any atom is -0.493 e. The maximum absolute atomic E-state index is 6.01. The smallest absolute Gasteiger partial charge is 0.181 e. The Bertz CT molecular complexity index is 783. The van der Waals surface area contributed by atoms with Crippen LogP contribution in [0.25, 0.3) is 11.3 Å². The largest absolute Gasteiger partial charge is 0.493 e. The Morgan fingerprint density at radius 1 is 1.00 bits per heavy atom. The van der Waals surface area contributed by atoms with E-state index in [2.05, 4.69) is 36.1 Å². The number of aryl methyl sites for hydroxylation is 4. The van der Waals surface area contributed by atoms with Gasteiger partial charge >= 0.3 is 0 Å². The van der Waals surface area contributed by atoms with Gasteiger partial charge in [0.05, 0.1) is 18.5 Å². The van der Waals surface area contributed by atoms with Crippen LogP contribution in [0.1, 0.15) is 41.8 Å². The van der Waals surface area contributed by atoms with Gasteiger partial charge in [-0.3, -0.25) is 0 Å². The second-order valence-electron chi connectivity index (χ2n) is 6.40. The van der Waals surface area contributed by atoms with Crippen molar-refractivity contribution in [2.75, 3.05) is 6.61 Å². The highest BCUT2D eigenvalue weighted by Crippen LogP contribution is 2.30. The molecule has 0 amide bonds. The van der Waals surface area contributed by atoms with Crippen LogP contribution >= 0.6 is 0 Å². The number of unbranched alkanes of at least 4 members (excludes halogenated alkanes) is 2. The molecule has 0 unspecified atom stereocenters. The van der Waals surface area contributed by atoms with Gasteiger partial charge in [0.1, 0.15) is 11.5 Å². The first kappa shape index (κ1) is 17.3. The zero-order chi connectivity index (χ0) is 17.6. The average Bonchev–Trinajstić information content (AvgIpc) is 3.24. The number of benzene rings is 1. The molecule has 0 bridgehead atoms. The third-order valence-electron chi connectivity index (χ3n) is 4.17. The number of oxazole rings is 1. The molecule has 2 heterocycles. The van der Waals surface area contributed by atoms with Crippen molar-refractivity contribution in [1.82, 2.24) is 10.1 Å². The fourth-order valence-electron chi connectivity index (χ4n) is 2.96. The highest BCUT2D eigenvalue weighted by atomic mass is 16.5. The number of nitrogens with zero attached hydrogens (tertiary/aromatic N) is 2. The van der Waals surface area contributed by atoms with Gasteiger partial charge in [-0.2, -0.15) is 0 Å². The molecule has 3 aromatic rings. The van der Waals surface area contributed by atoms with Crippen LogP contribution in [0.15, 0.2) is 39.7 Å². The Morgan fingerprint density at radius 2 is 1.80 bits per heavy atom. The van der Waals surface area contributed by atoms with Crippen molar-refractivity contribution in [3.05, 3.63) is 53.4 Å².